The van der Waals surface area contributed by atoms with E-state index >= 15 is 0 Å². The largest absolute Gasteiger partial charge is 0.334 e. The van der Waals surface area contributed by atoms with Crippen LogP contribution in [-0.4, -0.2) is 18.0 Å². The predicted octanol–water partition coefficient (Wildman–Crippen LogP) is 4.48. The molecule has 1 atom stereocenters. The van der Waals surface area contributed by atoms with Gasteiger partial charge in [0.25, 0.3) is 0 Å². The Morgan fingerprint density at radius 3 is 2.50 bits per heavy atom. The summed E-state index contributed by atoms with van der Waals surface area (Å²) in [5, 5.41) is 5.60. The van der Waals surface area contributed by atoms with E-state index in [2.05, 4.69) is 22.8 Å². The summed E-state index contributed by atoms with van der Waals surface area (Å²) in [4.78, 5) is 11.7. The van der Waals surface area contributed by atoms with Crippen molar-refractivity contribution in [3.63, 3.8) is 0 Å². The number of hydrogen-bond donors (Lipinski definition) is 2. The minimum absolute atomic E-state index is 0.0295. The summed E-state index contributed by atoms with van der Waals surface area (Å²) in [5.41, 5.74) is 2.22. The van der Waals surface area contributed by atoms with Gasteiger partial charge < -0.3 is 10.6 Å². The maximum atomic E-state index is 11.7. The summed E-state index contributed by atoms with van der Waals surface area (Å²) in [6.07, 6.45) is 6.63. The summed E-state index contributed by atoms with van der Waals surface area (Å²) in [6.45, 7) is 1.87. The van der Waals surface area contributed by atoms with Crippen LogP contribution in [0.2, 0.25) is 0 Å². The van der Waals surface area contributed by atoms with Gasteiger partial charge in [-0.25, -0.2) is 4.79 Å². The van der Waals surface area contributed by atoms with Gasteiger partial charge in [0.15, 0.2) is 0 Å². The molecule has 0 bridgehead atoms. The molecular formula is C16H23ClN2O. The van der Waals surface area contributed by atoms with Crippen LogP contribution in [0.25, 0.3) is 0 Å². The molecule has 0 heterocycles. The Kier molecular flexibility index (Phi) is 5.72. The van der Waals surface area contributed by atoms with E-state index in [1.807, 2.05) is 19.1 Å². The van der Waals surface area contributed by atoms with E-state index in [1.165, 1.54) is 37.7 Å². The third-order valence-corrected chi connectivity index (χ3v) is 4.32. The molecule has 110 valence electrons. The van der Waals surface area contributed by atoms with Crippen molar-refractivity contribution in [3.8, 4) is 0 Å². The highest BCUT2D eigenvalue weighted by Crippen LogP contribution is 2.32. The monoisotopic (exact) mass is 294 g/mol. The molecule has 0 saturated heterocycles. The molecule has 1 fully saturated rings. The zero-order chi connectivity index (χ0) is 14.4. The lowest BCUT2D eigenvalue weighted by molar-refractivity contribution is 0.250. The van der Waals surface area contributed by atoms with Gasteiger partial charge in [0.05, 0.1) is 0 Å². The minimum atomic E-state index is -0.205. The maximum absolute atomic E-state index is 11.7. The second-order valence-electron chi connectivity index (χ2n) is 5.61. The Labute approximate surface area is 126 Å². The molecule has 1 saturated carbocycles. The lowest BCUT2D eigenvalue weighted by Gasteiger charge is -2.22. The molecule has 0 spiro atoms. The number of anilines is 1. The van der Waals surface area contributed by atoms with Gasteiger partial charge in [-0.2, -0.15) is 0 Å². The molecule has 0 radical (unpaired) electrons. The van der Waals surface area contributed by atoms with E-state index in [0.717, 1.165) is 5.69 Å². The van der Waals surface area contributed by atoms with Gasteiger partial charge in [-0.05, 0) is 43.4 Å². The van der Waals surface area contributed by atoms with Crippen molar-refractivity contribution in [1.82, 2.24) is 5.32 Å². The summed E-state index contributed by atoms with van der Waals surface area (Å²) in [7, 11) is 0. The zero-order valence-electron chi connectivity index (χ0n) is 12.0. The fourth-order valence-corrected chi connectivity index (χ4v) is 2.78. The number of carbonyl (C=O) groups excluding carboxylic acids is 1. The first-order valence-electron chi connectivity index (χ1n) is 7.42. The molecule has 2 N–H and O–H groups in total. The van der Waals surface area contributed by atoms with Crippen LogP contribution in [0.1, 0.15) is 50.5 Å². The first-order chi connectivity index (χ1) is 9.69. The van der Waals surface area contributed by atoms with Crippen LogP contribution in [0, 0.1) is 0 Å². The normalized spacial score (nSPS) is 17.5. The van der Waals surface area contributed by atoms with Crippen molar-refractivity contribution in [2.45, 2.75) is 51.0 Å². The molecule has 0 unspecified atom stereocenters. The molecule has 3 nitrogen and oxygen atoms in total. The highest BCUT2D eigenvalue weighted by molar-refractivity contribution is 6.18. The molecule has 1 aliphatic carbocycles. The summed E-state index contributed by atoms with van der Waals surface area (Å²) < 4.78 is 0. The van der Waals surface area contributed by atoms with Crippen LogP contribution >= 0.6 is 11.6 Å². The standard InChI is InChI=1S/C16H23ClN2O/c1-12(11-17)18-16(20)19-15-9-7-14(8-10-15)13-5-3-2-4-6-13/h7-10,12-13H,2-6,11H2,1H3,(H2,18,19,20)/t12-/m0/s1. The fraction of sp³-hybridized carbons (Fsp3) is 0.562. The van der Waals surface area contributed by atoms with Crippen molar-refractivity contribution in [2.75, 3.05) is 11.2 Å². The lowest BCUT2D eigenvalue weighted by Crippen LogP contribution is -2.37. The fourth-order valence-electron chi connectivity index (χ4n) is 2.70. The number of hydrogen-bond acceptors (Lipinski definition) is 1. The van der Waals surface area contributed by atoms with Crippen LogP contribution in [-0.2, 0) is 0 Å². The van der Waals surface area contributed by atoms with E-state index < -0.39 is 0 Å². The molecule has 2 rings (SSSR count). The topological polar surface area (TPSA) is 41.1 Å². The summed E-state index contributed by atoms with van der Waals surface area (Å²) in [5.74, 6) is 1.11. The number of amides is 2. The van der Waals surface area contributed by atoms with Crippen molar-refractivity contribution in [3.05, 3.63) is 29.8 Å². The van der Waals surface area contributed by atoms with E-state index in [1.54, 1.807) is 0 Å². The number of benzene rings is 1. The average Bonchev–Trinajstić information content (AvgIpc) is 2.48. The molecule has 2 amide bonds. The molecule has 1 aliphatic rings. The number of halogens is 1. The van der Waals surface area contributed by atoms with Gasteiger partial charge in [0.2, 0.25) is 0 Å². The second kappa shape index (κ2) is 7.53. The summed E-state index contributed by atoms with van der Waals surface area (Å²) >= 11 is 5.66. The van der Waals surface area contributed by atoms with Crippen molar-refractivity contribution >= 4 is 23.3 Å². The molecule has 20 heavy (non-hydrogen) atoms. The van der Waals surface area contributed by atoms with Crippen LogP contribution in [0.4, 0.5) is 10.5 Å². The first-order valence-corrected chi connectivity index (χ1v) is 7.96. The summed E-state index contributed by atoms with van der Waals surface area (Å²) in [6, 6.07) is 8.00. The van der Waals surface area contributed by atoms with E-state index in [-0.39, 0.29) is 12.1 Å². The molecular weight excluding hydrogens is 272 g/mol. The van der Waals surface area contributed by atoms with Gasteiger partial charge in [0, 0.05) is 17.6 Å². The molecule has 0 aromatic heterocycles. The van der Waals surface area contributed by atoms with Gasteiger partial charge in [-0.1, -0.05) is 31.4 Å². The third-order valence-electron chi connectivity index (χ3n) is 3.85. The number of nitrogens with one attached hydrogen (secondary N) is 2. The number of alkyl halides is 1. The van der Waals surface area contributed by atoms with Gasteiger partial charge in [-0.15, -0.1) is 11.6 Å². The molecule has 1 aromatic carbocycles. The quantitative estimate of drug-likeness (QED) is 0.790. The lowest BCUT2D eigenvalue weighted by atomic mass is 9.84. The van der Waals surface area contributed by atoms with Crippen LogP contribution < -0.4 is 10.6 Å². The van der Waals surface area contributed by atoms with Crippen molar-refractivity contribution in [1.29, 1.82) is 0 Å². The van der Waals surface area contributed by atoms with Gasteiger partial charge >= 0.3 is 6.03 Å². The Morgan fingerprint density at radius 1 is 1.25 bits per heavy atom. The van der Waals surface area contributed by atoms with Gasteiger partial charge in [-0.3, -0.25) is 0 Å². The molecule has 1 aromatic rings. The highest BCUT2D eigenvalue weighted by atomic mass is 35.5. The van der Waals surface area contributed by atoms with E-state index in [9.17, 15) is 4.79 Å². The number of rotatable bonds is 4. The maximum Gasteiger partial charge on any atom is 0.319 e. The first kappa shape index (κ1) is 15.2. The smallest absolute Gasteiger partial charge is 0.319 e. The SMILES string of the molecule is C[C@@H](CCl)NC(=O)Nc1ccc(C2CCCCC2)cc1. The highest BCUT2D eigenvalue weighted by Gasteiger charge is 2.15. The third kappa shape index (κ3) is 4.41. The van der Waals surface area contributed by atoms with Crippen molar-refractivity contribution in [2.24, 2.45) is 0 Å². The Balaban J connectivity index is 1.89. The Hall–Kier alpha value is -1.22. The van der Waals surface area contributed by atoms with E-state index in [4.69, 9.17) is 11.6 Å². The van der Waals surface area contributed by atoms with Crippen LogP contribution in [0.15, 0.2) is 24.3 Å². The molecule has 4 heteroatoms. The second-order valence-corrected chi connectivity index (χ2v) is 5.92. The van der Waals surface area contributed by atoms with E-state index in [0.29, 0.717) is 11.8 Å². The Bertz CT molecular complexity index is 427. The number of carbonyl (C=O) groups is 1. The van der Waals surface area contributed by atoms with Gasteiger partial charge in [0.1, 0.15) is 0 Å². The Morgan fingerprint density at radius 2 is 1.90 bits per heavy atom. The minimum Gasteiger partial charge on any atom is -0.334 e. The predicted molar refractivity (Wildman–Crippen MR) is 84.6 cm³/mol. The average molecular weight is 295 g/mol. The zero-order valence-corrected chi connectivity index (χ0v) is 12.7. The van der Waals surface area contributed by atoms with Crippen LogP contribution in [0.3, 0.4) is 0 Å². The van der Waals surface area contributed by atoms with Crippen molar-refractivity contribution < 1.29 is 4.79 Å². The number of urea groups is 1. The van der Waals surface area contributed by atoms with Crippen LogP contribution in [0.5, 0.6) is 0 Å². The molecule has 0 aliphatic heterocycles.